The van der Waals surface area contributed by atoms with Crippen LogP contribution in [0.3, 0.4) is 0 Å². The molecule has 1 aromatic carbocycles. The summed E-state index contributed by atoms with van der Waals surface area (Å²) in [5.74, 6) is 0.124. The van der Waals surface area contributed by atoms with Gasteiger partial charge in [0.25, 0.3) is 0 Å². The van der Waals surface area contributed by atoms with Gasteiger partial charge in [-0.1, -0.05) is 25.5 Å². The molecule has 0 saturated carbocycles. The highest BCUT2D eigenvalue weighted by Crippen LogP contribution is 2.13. The largest absolute Gasteiger partial charge is 0.290 e. The number of aryl methyl sites for hydroxylation is 1. The Morgan fingerprint density at radius 3 is 2.82 bits per heavy atom. The summed E-state index contributed by atoms with van der Waals surface area (Å²) in [6, 6.07) is 7.15. The van der Waals surface area contributed by atoms with Crippen molar-refractivity contribution >= 4 is 0 Å². The minimum absolute atomic E-state index is 0.124. The fourth-order valence-electron chi connectivity index (χ4n) is 1.08. The maximum Gasteiger partial charge on any atom is 0.178 e. The normalized spacial score (nSPS) is 9.91. The Morgan fingerprint density at radius 1 is 1.36 bits per heavy atom. The molecule has 0 N–H and O–H groups in total. The zero-order chi connectivity index (χ0) is 8.10. The molecule has 1 aromatic rings. The van der Waals surface area contributed by atoms with Crippen molar-refractivity contribution in [1.82, 2.24) is 0 Å². The van der Waals surface area contributed by atoms with Crippen LogP contribution in [-0.2, 0) is 11.5 Å². The van der Waals surface area contributed by atoms with Crippen LogP contribution in [0.25, 0.3) is 0 Å². The van der Waals surface area contributed by atoms with E-state index in [2.05, 4.69) is 6.92 Å². The zero-order valence-electron chi connectivity index (χ0n) is 6.84. The maximum atomic E-state index is 10.9. The van der Waals surface area contributed by atoms with Gasteiger partial charge in [-0.05, 0) is 30.5 Å². The van der Waals surface area contributed by atoms with E-state index in [1.54, 1.807) is 12.1 Å². The lowest BCUT2D eigenvalue weighted by Gasteiger charge is -1.97. The van der Waals surface area contributed by atoms with Crippen molar-refractivity contribution in [1.29, 1.82) is 0 Å². The van der Waals surface area contributed by atoms with Crippen molar-refractivity contribution in [3.05, 3.63) is 29.8 Å². The standard InChI is InChI=1S/C10H13O/c1-2-3-5-9-6-4-7-10(11)8-9/h4,6-8H,2-3,5H2,1H3. The molecule has 0 bridgehead atoms. The van der Waals surface area contributed by atoms with E-state index in [4.69, 9.17) is 0 Å². The zero-order valence-corrected chi connectivity index (χ0v) is 6.84. The third-order valence-electron chi connectivity index (χ3n) is 1.72. The quantitative estimate of drug-likeness (QED) is 0.629. The molecular formula is C10H13O. The molecule has 11 heavy (non-hydrogen) atoms. The first kappa shape index (κ1) is 8.12. The van der Waals surface area contributed by atoms with E-state index in [-0.39, 0.29) is 5.75 Å². The average Bonchev–Trinajstić information content (AvgIpc) is 2.01. The maximum absolute atomic E-state index is 10.9. The van der Waals surface area contributed by atoms with Gasteiger partial charge in [0.05, 0.1) is 0 Å². The molecule has 1 nitrogen and oxygen atoms in total. The van der Waals surface area contributed by atoms with Gasteiger partial charge in [-0.2, -0.15) is 0 Å². The molecule has 0 fully saturated rings. The Kier molecular flexibility index (Phi) is 2.96. The molecule has 0 amide bonds. The minimum atomic E-state index is 0.124. The molecule has 0 aliphatic carbocycles. The van der Waals surface area contributed by atoms with Gasteiger partial charge < -0.3 is 0 Å². The van der Waals surface area contributed by atoms with Crippen LogP contribution in [0.2, 0.25) is 0 Å². The van der Waals surface area contributed by atoms with E-state index >= 15 is 0 Å². The molecule has 0 heterocycles. The van der Waals surface area contributed by atoms with Crippen LogP contribution in [-0.4, -0.2) is 0 Å². The second-order valence-corrected chi connectivity index (χ2v) is 2.75. The summed E-state index contributed by atoms with van der Waals surface area (Å²) in [4.78, 5) is 0. The van der Waals surface area contributed by atoms with Crippen molar-refractivity contribution in [2.24, 2.45) is 0 Å². The second kappa shape index (κ2) is 4.02. The van der Waals surface area contributed by atoms with Crippen LogP contribution in [0, 0.1) is 0 Å². The first-order valence-corrected chi connectivity index (χ1v) is 4.09. The fraction of sp³-hybridized carbons (Fsp3) is 0.400. The monoisotopic (exact) mass is 149 g/mol. The van der Waals surface area contributed by atoms with Gasteiger partial charge in [0.1, 0.15) is 0 Å². The molecule has 0 saturated heterocycles. The van der Waals surface area contributed by atoms with Gasteiger partial charge in [0, 0.05) is 0 Å². The molecule has 0 aliphatic rings. The van der Waals surface area contributed by atoms with Crippen LogP contribution in [0.1, 0.15) is 25.3 Å². The first-order valence-electron chi connectivity index (χ1n) is 4.09. The molecule has 0 aliphatic heterocycles. The minimum Gasteiger partial charge on any atom is -0.290 e. The Hall–Kier alpha value is -0.980. The predicted molar refractivity (Wildman–Crippen MR) is 45.2 cm³/mol. The number of hydrogen-bond donors (Lipinski definition) is 0. The smallest absolute Gasteiger partial charge is 0.178 e. The van der Waals surface area contributed by atoms with E-state index in [1.165, 1.54) is 18.4 Å². The Labute approximate surface area is 67.7 Å². The highest BCUT2D eigenvalue weighted by molar-refractivity contribution is 5.26. The molecule has 59 valence electrons. The summed E-state index contributed by atoms with van der Waals surface area (Å²) >= 11 is 0. The highest BCUT2D eigenvalue weighted by atomic mass is 16.3. The summed E-state index contributed by atoms with van der Waals surface area (Å²) in [5.41, 5.74) is 1.17. The lowest BCUT2D eigenvalue weighted by molar-refractivity contribution is 0.354. The Morgan fingerprint density at radius 2 is 2.18 bits per heavy atom. The van der Waals surface area contributed by atoms with Crippen molar-refractivity contribution < 1.29 is 5.11 Å². The van der Waals surface area contributed by atoms with E-state index in [1.807, 2.05) is 12.1 Å². The third kappa shape index (κ3) is 2.62. The van der Waals surface area contributed by atoms with Crippen molar-refractivity contribution in [2.45, 2.75) is 26.2 Å². The summed E-state index contributed by atoms with van der Waals surface area (Å²) in [6.07, 6.45) is 3.39. The van der Waals surface area contributed by atoms with E-state index in [9.17, 15) is 5.11 Å². The van der Waals surface area contributed by atoms with Crippen LogP contribution >= 0.6 is 0 Å². The SMILES string of the molecule is CCCCc1cccc([O])c1. The number of unbranched alkanes of at least 4 members (excludes halogenated alkanes) is 1. The van der Waals surface area contributed by atoms with Gasteiger partial charge in [-0.15, -0.1) is 0 Å². The van der Waals surface area contributed by atoms with E-state index in [0.717, 1.165) is 6.42 Å². The first-order chi connectivity index (χ1) is 5.33. The van der Waals surface area contributed by atoms with Crippen molar-refractivity contribution in [3.8, 4) is 5.75 Å². The fourth-order valence-corrected chi connectivity index (χ4v) is 1.08. The third-order valence-corrected chi connectivity index (χ3v) is 1.72. The van der Waals surface area contributed by atoms with Crippen LogP contribution in [0.15, 0.2) is 24.3 Å². The molecule has 1 rings (SSSR count). The number of rotatable bonds is 3. The number of benzene rings is 1. The van der Waals surface area contributed by atoms with Gasteiger partial charge in [0.2, 0.25) is 0 Å². The lowest BCUT2D eigenvalue weighted by Crippen LogP contribution is -1.82. The molecule has 0 aromatic heterocycles. The van der Waals surface area contributed by atoms with Crippen LogP contribution in [0.5, 0.6) is 5.75 Å². The topological polar surface area (TPSA) is 19.9 Å². The average molecular weight is 149 g/mol. The van der Waals surface area contributed by atoms with Gasteiger partial charge in [-0.25, -0.2) is 0 Å². The van der Waals surface area contributed by atoms with E-state index < -0.39 is 0 Å². The van der Waals surface area contributed by atoms with Crippen molar-refractivity contribution in [3.63, 3.8) is 0 Å². The molecule has 0 spiro atoms. The van der Waals surface area contributed by atoms with Gasteiger partial charge in [0.15, 0.2) is 5.75 Å². The predicted octanol–water partition coefficient (Wildman–Crippen LogP) is 3.17. The molecule has 1 radical (unpaired) electrons. The molecule has 0 atom stereocenters. The summed E-state index contributed by atoms with van der Waals surface area (Å²) < 4.78 is 0. The molecule has 1 heteroatoms. The second-order valence-electron chi connectivity index (χ2n) is 2.75. The van der Waals surface area contributed by atoms with Crippen molar-refractivity contribution in [2.75, 3.05) is 0 Å². The van der Waals surface area contributed by atoms with Crippen LogP contribution < -0.4 is 0 Å². The molecular weight excluding hydrogens is 136 g/mol. The Bertz CT molecular complexity index is 218. The number of hydrogen-bond acceptors (Lipinski definition) is 0. The summed E-state index contributed by atoms with van der Waals surface area (Å²) in [7, 11) is 0. The summed E-state index contributed by atoms with van der Waals surface area (Å²) in [6.45, 7) is 2.15. The van der Waals surface area contributed by atoms with Gasteiger partial charge in [-0.3, -0.25) is 5.11 Å². The molecule has 0 unspecified atom stereocenters. The van der Waals surface area contributed by atoms with Crippen LogP contribution in [0.4, 0.5) is 0 Å². The van der Waals surface area contributed by atoms with E-state index in [0.29, 0.717) is 0 Å². The lowest BCUT2D eigenvalue weighted by atomic mass is 10.1. The summed E-state index contributed by atoms with van der Waals surface area (Å²) in [5, 5.41) is 10.9. The highest BCUT2D eigenvalue weighted by Gasteiger charge is 1.93. The Balaban J connectivity index is 2.56. The van der Waals surface area contributed by atoms with Gasteiger partial charge >= 0.3 is 0 Å².